The molecule has 3 N–H and O–H groups in total. The molecule has 0 saturated carbocycles. The van der Waals surface area contributed by atoms with Crippen molar-refractivity contribution in [3.8, 4) is 0 Å². The first-order valence-electron chi connectivity index (χ1n) is 6.04. The normalized spacial score (nSPS) is 20.2. The van der Waals surface area contributed by atoms with Crippen LogP contribution in [0.15, 0.2) is 0 Å². The Kier molecular flexibility index (Phi) is 4.29. The number of piperazine rings is 1. The molecule has 106 valence electrons. The number of nitrogens with zero attached hydrogens (tertiary/aromatic N) is 1. The van der Waals surface area contributed by atoms with E-state index in [1.807, 2.05) is 13.8 Å². The minimum absolute atomic E-state index is 0.0780. The maximum absolute atomic E-state index is 12.5. The van der Waals surface area contributed by atoms with Gasteiger partial charge in [0.05, 0.1) is 10.9 Å². The number of thiocarbonyl (C=S) groups is 1. The number of nitrogens with two attached hydrogens (primary N) is 1. The zero-order valence-corrected chi connectivity index (χ0v) is 12.3. The lowest BCUT2D eigenvalue weighted by atomic mass is 9.90. The molecule has 1 rings (SSSR count). The molecule has 1 aliphatic heterocycles. The molecule has 7 heteroatoms. The maximum Gasteiger partial charge on any atom is 0.252 e. The minimum atomic E-state index is -1.09. The Balaban J connectivity index is 3.11. The highest BCUT2D eigenvalue weighted by molar-refractivity contribution is 7.80. The molecule has 0 aliphatic carbocycles. The zero-order valence-electron chi connectivity index (χ0n) is 11.5. The van der Waals surface area contributed by atoms with Crippen molar-refractivity contribution in [2.75, 3.05) is 6.54 Å². The van der Waals surface area contributed by atoms with Crippen LogP contribution in [0.1, 0.15) is 27.7 Å². The van der Waals surface area contributed by atoms with Gasteiger partial charge in [0, 0.05) is 0 Å². The molecule has 0 aromatic carbocycles. The minimum Gasteiger partial charge on any atom is -0.393 e. The number of imide groups is 1. The summed E-state index contributed by atoms with van der Waals surface area (Å²) in [6.07, 6.45) is 0. The van der Waals surface area contributed by atoms with Gasteiger partial charge < -0.3 is 10.6 Å². The molecule has 19 heavy (non-hydrogen) atoms. The second kappa shape index (κ2) is 5.24. The average molecular weight is 285 g/mol. The van der Waals surface area contributed by atoms with Crippen molar-refractivity contribution in [3.05, 3.63) is 0 Å². The SMILES string of the molecule is CC(C)C(C(=O)N1CC(=O)NC(=O)C1(C)C)C(N)=S. The first-order valence-corrected chi connectivity index (χ1v) is 6.45. The van der Waals surface area contributed by atoms with Crippen molar-refractivity contribution in [2.24, 2.45) is 17.6 Å². The van der Waals surface area contributed by atoms with Crippen molar-refractivity contribution >= 4 is 34.9 Å². The third-order valence-electron chi connectivity index (χ3n) is 3.29. The van der Waals surface area contributed by atoms with Gasteiger partial charge in [0.25, 0.3) is 5.91 Å². The zero-order chi connectivity index (χ0) is 15.0. The van der Waals surface area contributed by atoms with Crippen LogP contribution < -0.4 is 11.1 Å². The standard InChI is InChI=1S/C12H19N3O3S/c1-6(2)8(9(13)19)10(17)15-5-7(16)14-11(18)12(15,3)4/h6,8H,5H2,1-4H3,(H2,13,19)(H,14,16,18). The van der Waals surface area contributed by atoms with Crippen LogP contribution >= 0.6 is 12.2 Å². The predicted octanol–water partition coefficient (Wildman–Crippen LogP) is -0.192. The monoisotopic (exact) mass is 285 g/mol. The van der Waals surface area contributed by atoms with Crippen LogP contribution in [0.3, 0.4) is 0 Å². The van der Waals surface area contributed by atoms with Crippen LogP contribution in [-0.2, 0) is 14.4 Å². The van der Waals surface area contributed by atoms with E-state index in [0.717, 1.165) is 0 Å². The van der Waals surface area contributed by atoms with Crippen molar-refractivity contribution in [2.45, 2.75) is 33.2 Å². The van der Waals surface area contributed by atoms with E-state index < -0.39 is 23.3 Å². The molecule has 1 atom stereocenters. The van der Waals surface area contributed by atoms with Gasteiger partial charge in [-0.3, -0.25) is 19.7 Å². The highest BCUT2D eigenvalue weighted by atomic mass is 32.1. The molecule has 6 nitrogen and oxygen atoms in total. The van der Waals surface area contributed by atoms with Crippen LogP contribution in [-0.4, -0.2) is 39.7 Å². The summed E-state index contributed by atoms with van der Waals surface area (Å²) in [6, 6.07) is 0. The van der Waals surface area contributed by atoms with Gasteiger partial charge in [-0.25, -0.2) is 0 Å². The van der Waals surface area contributed by atoms with Gasteiger partial charge in [-0.1, -0.05) is 26.1 Å². The molecule has 1 saturated heterocycles. The number of carbonyl (C=O) groups excluding carboxylic acids is 3. The summed E-state index contributed by atoms with van der Waals surface area (Å²) in [6.45, 7) is 6.65. The molecular weight excluding hydrogens is 266 g/mol. The van der Waals surface area contributed by atoms with Crippen molar-refractivity contribution in [1.29, 1.82) is 0 Å². The molecule has 3 amide bonds. The number of carbonyl (C=O) groups is 3. The van der Waals surface area contributed by atoms with E-state index in [1.165, 1.54) is 4.90 Å². The molecule has 0 radical (unpaired) electrons. The summed E-state index contributed by atoms with van der Waals surface area (Å²) < 4.78 is 0. The van der Waals surface area contributed by atoms with Crippen LogP contribution in [0, 0.1) is 11.8 Å². The maximum atomic E-state index is 12.5. The van der Waals surface area contributed by atoms with Crippen LogP contribution in [0.2, 0.25) is 0 Å². The van der Waals surface area contributed by atoms with Gasteiger partial charge in [0.15, 0.2) is 0 Å². The van der Waals surface area contributed by atoms with Gasteiger partial charge in [0.1, 0.15) is 12.1 Å². The predicted molar refractivity (Wildman–Crippen MR) is 74.1 cm³/mol. The van der Waals surface area contributed by atoms with E-state index in [0.29, 0.717) is 0 Å². The summed E-state index contributed by atoms with van der Waals surface area (Å²) >= 11 is 4.92. The van der Waals surface area contributed by atoms with Crippen LogP contribution in [0.5, 0.6) is 0 Å². The number of nitrogens with one attached hydrogen (secondary N) is 1. The Bertz CT molecular complexity index is 446. The molecule has 0 bridgehead atoms. The Morgan fingerprint density at radius 3 is 2.37 bits per heavy atom. The van der Waals surface area contributed by atoms with Gasteiger partial charge in [-0.2, -0.15) is 0 Å². The van der Waals surface area contributed by atoms with Crippen LogP contribution in [0.4, 0.5) is 0 Å². The fourth-order valence-corrected chi connectivity index (χ4v) is 2.41. The molecule has 1 fully saturated rings. The summed E-state index contributed by atoms with van der Waals surface area (Å²) in [5.41, 5.74) is 4.51. The van der Waals surface area contributed by atoms with Gasteiger partial charge in [0.2, 0.25) is 11.8 Å². The second-order valence-corrected chi connectivity index (χ2v) is 5.96. The lowest BCUT2D eigenvalue weighted by Crippen LogP contribution is -2.67. The van der Waals surface area contributed by atoms with Crippen molar-refractivity contribution in [1.82, 2.24) is 10.2 Å². The first kappa shape index (κ1) is 15.6. The third-order valence-corrected chi connectivity index (χ3v) is 3.54. The Hall–Kier alpha value is -1.50. The summed E-state index contributed by atoms with van der Waals surface area (Å²) in [4.78, 5) is 37.1. The fraction of sp³-hybridized carbons (Fsp3) is 0.667. The van der Waals surface area contributed by atoms with Gasteiger partial charge in [-0.15, -0.1) is 0 Å². The quantitative estimate of drug-likeness (QED) is 0.554. The fourth-order valence-electron chi connectivity index (χ4n) is 2.04. The van der Waals surface area contributed by atoms with Crippen molar-refractivity contribution in [3.63, 3.8) is 0 Å². The molecule has 1 heterocycles. The van der Waals surface area contributed by atoms with Crippen LogP contribution in [0.25, 0.3) is 0 Å². The first-order chi connectivity index (χ1) is 8.59. The average Bonchev–Trinajstić information content (AvgIpc) is 2.22. The second-order valence-electron chi connectivity index (χ2n) is 5.48. The van der Waals surface area contributed by atoms with E-state index in [9.17, 15) is 14.4 Å². The lowest BCUT2D eigenvalue weighted by molar-refractivity contribution is -0.157. The smallest absolute Gasteiger partial charge is 0.252 e. The largest absolute Gasteiger partial charge is 0.393 e. The Morgan fingerprint density at radius 2 is 1.95 bits per heavy atom. The van der Waals surface area contributed by atoms with Crippen molar-refractivity contribution < 1.29 is 14.4 Å². The highest BCUT2D eigenvalue weighted by Crippen LogP contribution is 2.24. The van der Waals surface area contributed by atoms with Gasteiger partial charge >= 0.3 is 0 Å². The summed E-state index contributed by atoms with van der Waals surface area (Å²) in [5.74, 6) is -2.14. The van der Waals surface area contributed by atoms with Gasteiger partial charge in [-0.05, 0) is 19.8 Å². The molecule has 0 spiro atoms. The van der Waals surface area contributed by atoms with E-state index in [4.69, 9.17) is 18.0 Å². The molecule has 1 aliphatic rings. The third kappa shape index (κ3) is 2.91. The van der Waals surface area contributed by atoms with E-state index in [1.54, 1.807) is 13.8 Å². The van der Waals surface area contributed by atoms with E-state index in [-0.39, 0.29) is 23.4 Å². The lowest BCUT2D eigenvalue weighted by Gasteiger charge is -2.42. The number of hydrogen-bond acceptors (Lipinski definition) is 4. The summed E-state index contributed by atoms with van der Waals surface area (Å²) in [7, 11) is 0. The molecule has 0 aromatic rings. The Labute approximate surface area is 117 Å². The molecule has 1 unspecified atom stereocenters. The topological polar surface area (TPSA) is 92.5 Å². The highest BCUT2D eigenvalue weighted by Gasteiger charge is 2.46. The summed E-state index contributed by atoms with van der Waals surface area (Å²) in [5, 5.41) is 2.22. The van der Waals surface area contributed by atoms with E-state index in [2.05, 4.69) is 5.32 Å². The number of hydrogen-bond donors (Lipinski definition) is 2. The molecule has 0 aromatic heterocycles. The number of rotatable bonds is 3. The van der Waals surface area contributed by atoms with E-state index >= 15 is 0 Å². The number of amides is 3. The molecular formula is C12H19N3O3S. The Morgan fingerprint density at radius 1 is 1.42 bits per heavy atom.